The molecule has 4 aromatic rings. The number of carbonyl (C=O) groups excluding carboxylic acids is 1. The second-order valence-corrected chi connectivity index (χ2v) is 8.76. The summed E-state index contributed by atoms with van der Waals surface area (Å²) in [6.45, 7) is 3.41. The molecule has 2 aromatic carbocycles. The van der Waals surface area contributed by atoms with E-state index in [-0.39, 0.29) is 24.1 Å². The van der Waals surface area contributed by atoms with Crippen LogP contribution in [0, 0.1) is 0 Å². The van der Waals surface area contributed by atoms with E-state index < -0.39 is 0 Å². The molecular formula is C26H28N4O3. The van der Waals surface area contributed by atoms with E-state index in [0.717, 1.165) is 48.0 Å². The molecule has 0 aliphatic carbocycles. The molecule has 1 aliphatic heterocycles. The Balaban J connectivity index is 1.58. The van der Waals surface area contributed by atoms with Gasteiger partial charge in [-0.05, 0) is 49.9 Å². The minimum atomic E-state index is -0.147. The van der Waals surface area contributed by atoms with Crippen LogP contribution in [-0.2, 0) is 17.9 Å². The highest BCUT2D eigenvalue weighted by Gasteiger charge is 2.25. The number of fused-ring (bicyclic) bond motifs is 3. The summed E-state index contributed by atoms with van der Waals surface area (Å²) in [6, 6.07) is 15.6. The minimum Gasteiger partial charge on any atom is -0.497 e. The maximum Gasteiger partial charge on any atom is 0.278 e. The fraction of sp³-hybridized carbons (Fsp3) is 0.346. The third-order valence-electron chi connectivity index (χ3n) is 6.66. The zero-order valence-corrected chi connectivity index (χ0v) is 19.0. The number of hydrogen-bond acceptors (Lipinski definition) is 4. The first-order chi connectivity index (χ1) is 16.1. The van der Waals surface area contributed by atoms with Crippen LogP contribution in [0.4, 0.5) is 0 Å². The maximum absolute atomic E-state index is 13.6. The molecule has 1 atom stereocenters. The van der Waals surface area contributed by atoms with E-state index in [1.165, 1.54) is 0 Å². The molecule has 0 spiro atoms. The molecule has 7 heteroatoms. The SMILES string of the molecule is COc1ccc(Cn2cnc3c4ccccc4n(CC(=O)N4CCCC[C@H]4C)c3c2=O)cc1. The van der Waals surface area contributed by atoms with Crippen LogP contribution >= 0.6 is 0 Å². The van der Waals surface area contributed by atoms with Crippen molar-refractivity contribution in [1.29, 1.82) is 0 Å². The third kappa shape index (κ3) is 3.88. The zero-order chi connectivity index (χ0) is 22.9. The van der Waals surface area contributed by atoms with Gasteiger partial charge in [0.1, 0.15) is 23.3 Å². The number of ether oxygens (including phenoxy) is 1. The minimum absolute atomic E-state index is 0.0508. The fourth-order valence-electron chi connectivity index (χ4n) is 4.85. The van der Waals surface area contributed by atoms with Crippen molar-refractivity contribution < 1.29 is 9.53 Å². The molecule has 7 nitrogen and oxygen atoms in total. The highest BCUT2D eigenvalue weighted by Crippen LogP contribution is 2.26. The molecule has 170 valence electrons. The average molecular weight is 445 g/mol. The first kappa shape index (κ1) is 21.2. The van der Waals surface area contributed by atoms with Crippen molar-refractivity contribution in [1.82, 2.24) is 19.0 Å². The van der Waals surface area contributed by atoms with Gasteiger partial charge in [0.2, 0.25) is 5.91 Å². The number of carbonyl (C=O) groups is 1. The highest BCUT2D eigenvalue weighted by molar-refractivity contribution is 6.06. The molecule has 3 heterocycles. The lowest BCUT2D eigenvalue weighted by Gasteiger charge is -2.33. The standard InChI is InChI=1S/C26H28N4O3/c1-18-7-5-6-14-29(18)23(31)16-30-22-9-4-3-8-21(22)24-25(30)26(32)28(17-27-24)15-19-10-12-20(33-2)13-11-19/h3-4,8-13,17-18H,5-7,14-16H2,1-2H3/t18-/m1/s1. The molecule has 0 radical (unpaired) electrons. The zero-order valence-electron chi connectivity index (χ0n) is 19.0. The van der Waals surface area contributed by atoms with E-state index in [9.17, 15) is 9.59 Å². The molecule has 1 aliphatic rings. The smallest absolute Gasteiger partial charge is 0.278 e. The van der Waals surface area contributed by atoms with Gasteiger partial charge < -0.3 is 14.2 Å². The number of amides is 1. The maximum atomic E-state index is 13.6. The number of aromatic nitrogens is 3. The van der Waals surface area contributed by atoms with E-state index in [0.29, 0.717) is 17.6 Å². The Morgan fingerprint density at radius 3 is 2.67 bits per heavy atom. The van der Waals surface area contributed by atoms with Crippen LogP contribution in [0.3, 0.4) is 0 Å². The van der Waals surface area contributed by atoms with Crippen molar-refractivity contribution in [2.75, 3.05) is 13.7 Å². The number of rotatable bonds is 5. The topological polar surface area (TPSA) is 69.4 Å². The van der Waals surface area contributed by atoms with Crippen LogP contribution in [0.25, 0.3) is 21.9 Å². The predicted molar refractivity (Wildman–Crippen MR) is 129 cm³/mol. The number of hydrogen-bond donors (Lipinski definition) is 0. The lowest BCUT2D eigenvalue weighted by molar-refractivity contribution is -0.134. The van der Waals surface area contributed by atoms with Gasteiger partial charge in [0.25, 0.3) is 5.56 Å². The Hall–Kier alpha value is -3.61. The van der Waals surface area contributed by atoms with Crippen LogP contribution in [0.2, 0.25) is 0 Å². The highest BCUT2D eigenvalue weighted by atomic mass is 16.5. The van der Waals surface area contributed by atoms with Crippen molar-refractivity contribution in [2.24, 2.45) is 0 Å². The van der Waals surface area contributed by atoms with Gasteiger partial charge in [-0.25, -0.2) is 4.98 Å². The van der Waals surface area contributed by atoms with Gasteiger partial charge in [0.05, 0.1) is 25.5 Å². The van der Waals surface area contributed by atoms with E-state index in [4.69, 9.17) is 4.74 Å². The number of methoxy groups -OCH3 is 1. The molecule has 0 unspecified atom stereocenters. The summed E-state index contributed by atoms with van der Waals surface area (Å²) in [5.74, 6) is 0.820. The summed E-state index contributed by atoms with van der Waals surface area (Å²) in [4.78, 5) is 33.5. The molecule has 1 saturated heterocycles. The summed E-state index contributed by atoms with van der Waals surface area (Å²) in [5, 5.41) is 0.890. The van der Waals surface area contributed by atoms with E-state index in [1.807, 2.05) is 58.0 Å². The molecule has 0 saturated carbocycles. The van der Waals surface area contributed by atoms with Gasteiger partial charge in [0.15, 0.2) is 0 Å². The van der Waals surface area contributed by atoms with E-state index in [2.05, 4.69) is 11.9 Å². The number of likely N-dealkylation sites (tertiary alicyclic amines) is 1. The molecule has 1 amide bonds. The van der Waals surface area contributed by atoms with Crippen molar-refractivity contribution in [3.8, 4) is 5.75 Å². The first-order valence-electron chi connectivity index (χ1n) is 11.5. The van der Waals surface area contributed by atoms with Crippen molar-refractivity contribution in [3.05, 3.63) is 70.8 Å². The second-order valence-electron chi connectivity index (χ2n) is 8.76. The largest absolute Gasteiger partial charge is 0.497 e. The lowest BCUT2D eigenvalue weighted by atomic mass is 10.0. The van der Waals surface area contributed by atoms with Crippen LogP contribution in [0.5, 0.6) is 5.75 Å². The lowest BCUT2D eigenvalue weighted by Crippen LogP contribution is -2.43. The van der Waals surface area contributed by atoms with Gasteiger partial charge in [0, 0.05) is 18.0 Å². The molecule has 1 fully saturated rings. The van der Waals surface area contributed by atoms with Crippen LogP contribution in [0.1, 0.15) is 31.7 Å². The quantitative estimate of drug-likeness (QED) is 0.469. The second kappa shape index (κ2) is 8.73. The number of para-hydroxylation sites is 1. The van der Waals surface area contributed by atoms with Crippen LogP contribution in [0.15, 0.2) is 59.7 Å². The van der Waals surface area contributed by atoms with Gasteiger partial charge in [-0.3, -0.25) is 14.2 Å². The average Bonchev–Trinajstić information content (AvgIpc) is 3.15. The first-order valence-corrected chi connectivity index (χ1v) is 11.5. The summed E-state index contributed by atoms with van der Waals surface area (Å²) in [7, 11) is 1.63. The van der Waals surface area contributed by atoms with Crippen molar-refractivity contribution >= 4 is 27.8 Å². The van der Waals surface area contributed by atoms with Crippen LogP contribution < -0.4 is 10.3 Å². The molecular weight excluding hydrogens is 416 g/mol. The van der Waals surface area contributed by atoms with Crippen molar-refractivity contribution in [3.63, 3.8) is 0 Å². The summed E-state index contributed by atoms with van der Waals surface area (Å²) in [5.41, 5.74) is 2.80. The molecule has 0 bridgehead atoms. The normalized spacial score (nSPS) is 16.4. The van der Waals surface area contributed by atoms with Gasteiger partial charge in [-0.1, -0.05) is 30.3 Å². The Kier molecular flexibility index (Phi) is 5.62. The van der Waals surface area contributed by atoms with E-state index >= 15 is 0 Å². The Morgan fingerprint density at radius 1 is 1.12 bits per heavy atom. The fourth-order valence-corrected chi connectivity index (χ4v) is 4.85. The molecule has 33 heavy (non-hydrogen) atoms. The Morgan fingerprint density at radius 2 is 1.91 bits per heavy atom. The third-order valence-corrected chi connectivity index (χ3v) is 6.66. The summed E-state index contributed by atoms with van der Waals surface area (Å²) >= 11 is 0. The van der Waals surface area contributed by atoms with Gasteiger partial charge in [-0.15, -0.1) is 0 Å². The number of benzene rings is 2. The Bertz CT molecular complexity index is 1370. The molecule has 0 N–H and O–H groups in total. The van der Waals surface area contributed by atoms with Crippen LogP contribution in [-0.4, -0.2) is 44.6 Å². The van der Waals surface area contributed by atoms with E-state index in [1.54, 1.807) is 18.0 Å². The number of nitrogens with zero attached hydrogens (tertiary/aromatic N) is 4. The van der Waals surface area contributed by atoms with Crippen molar-refractivity contribution in [2.45, 2.75) is 45.3 Å². The van der Waals surface area contributed by atoms with Gasteiger partial charge >= 0.3 is 0 Å². The predicted octanol–water partition coefficient (Wildman–Crippen LogP) is 3.81. The number of piperidine rings is 1. The monoisotopic (exact) mass is 444 g/mol. The van der Waals surface area contributed by atoms with Gasteiger partial charge in [-0.2, -0.15) is 0 Å². The molecule has 2 aromatic heterocycles. The molecule has 5 rings (SSSR count). The Labute approximate surface area is 192 Å². The summed E-state index contributed by atoms with van der Waals surface area (Å²) in [6.07, 6.45) is 4.80. The summed E-state index contributed by atoms with van der Waals surface area (Å²) < 4.78 is 8.68.